The smallest absolute Gasteiger partial charge is 0.153 e. The highest BCUT2D eigenvalue weighted by Gasteiger charge is 2.20. The molecular weight excluding hydrogens is 536 g/mol. The number of anilines is 3. The zero-order valence-corrected chi connectivity index (χ0v) is 24.0. The molecule has 0 atom stereocenters. The fourth-order valence-corrected chi connectivity index (χ4v) is 5.98. The molecule has 0 aliphatic heterocycles. The second-order valence-electron chi connectivity index (χ2n) is 10.8. The van der Waals surface area contributed by atoms with Gasteiger partial charge in [-0.15, -0.1) is 0 Å². The van der Waals surface area contributed by atoms with Crippen LogP contribution in [0.25, 0.3) is 55.4 Å². The van der Waals surface area contributed by atoms with E-state index in [1.165, 1.54) is 27.8 Å². The van der Waals surface area contributed by atoms with Crippen molar-refractivity contribution < 1.29 is 4.42 Å². The van der Waals surface area contributed by atoms with Crippen molar-refractivity contribution >= 4 is 39.1 Å². The third kappa shape index (κ3) is 4.71. The third-order valence-electron chi connectivity index (χ3n) is 8.13. The lowest BCUT2D eigenvalue weighted by Gasteiger charge is -2.27. The van der Waals surface area contributed by atoms with Gasteiger partial charge in [-0.1, -0.05) is 115 Å². The number of pyridine rings is 1. The van der Waals surface area contributed by atoms with Crippen molar-refractivity contribution in [2.24, 2.45) is 0 Å². The Kier molecular flexibility index (Phi) is 6.47. The van der Waals surface area contributed by atoms with Gasteiger partial charge in [-0.2, -0.15) is 0 Å². The van der Waals surface area contributed by atoms with Gasteiger partial charge in [0.1, 0.15) is 11.1 Å². The molecule has 8 aromatic rings. The number of aromatic nitrogens is 1. The highest BCUT2D eigenvalue weighted by molar-refractivity contribution is 6.11. The Hall–Kier alpha value is -5.93. The molecule has 0 bridgehead atoms. The summed E-state index contributed by atoms with van der Waals surface area (Å²) >= 11 is 0. The maximum atomic E-state index is 6.24. The summed E-state index contributed by atoms with van der Waals surface area (Å²) in [6, 6.07) is 57.4. The van der Waals surface area contributed by atoms with Gasteiger partial charge in [0.2, 0.25) is 0 Å². The van der Waals surface area contributed by atoms with E-state index in [4.69, 9.17) is 9.40 Å². The Morgan fingerprint density at radius 3 is 1.64 bits per heavy atom. The maximum Gasteiger partial charge on any atom is 0.153 e. The van der Waals surface area contributed by atoms with E-state index in [1.807, 2.05) is 36.5 Å². The molecule has 3 heteroatoms. The zero-order valence-electron chi connectivity index (χ0n) is 24.0. The number of hydrogen-bond donors (Lipinski definition) is 0. The monoisotopic (exact) mass is 564 g/mol. The predicted octanol–water partition coefficient (Wildman–Crippen LogP) is 11.5. The first-order valence-corrected chi connectivity index (χ1v) is 14.8. The first-order valence-electron chi connectivity index (χ1n) is 14.8. The van der Waals surface area contributed by atoms with E-state index in [1.54, 1.807) is 0 Å². The Morgan fingerprint density at radius 1 is 0.409 bits per heavy atom. The van der Waals surface area contributed by atoms with Crippen LogP contribution in [0.4, 0.5) is 17.1 Å². The molecule has 208 valence electrons. The van der Waals surface area contributed by atoms with Crippen LogP contribution in [0.1, 0.15) is 0 Å². The van der Waals surface area contributed by atoms with Crippen molar-refractivity contribution in [1.29, 1.82) is 0 Å². The minimum atomic E-state index is 0.779. The van der Waals surface area contributed by atoms with Crippen molar-refractivity contribution in [3.63, 3.8) is 0 Å². The lowest BCUT2D eigenvalue weighted by Crippen LogP contribution is -2.10. The molecule has 2 heterocycles. The topological polar surface area (TPSA) is 29.3 Å². The van der Waals surface area contributed by atoms with Crippen LogP contribution in [-0.4, -0.2) is 4.98 Å². The van der Waals surface area contributed by atoms with E-state index in [9.17, 15) is 0 Å². The van der Waals surface area contributed by atoms with Crippen LogP contribution >= 0.6 is 0 Å². The molecule has 2 aromatic heterocycles. The van der Waals surface area contributed by atoms with Crippen molar-refractivity contribution in [3.8, 4) is 33.4 Å². The Morgan fingerprint density at radius 2 is 0.955 bits per heavy atom. The summed E-state index contributed by atoms with van der Waals surface area (Å²) in [5, 5.41) is 0.993. The van der Waals surface area contributed by atoms with Crippen molar-refractivity contribution in [3.05, 3.63) is 170 Å². The van der Waals surface area contributed by atoms with Crippen LogP contribution in [0, 0.1) is 0 Å². The average molecular weight is 565 g/mol. The third-order valence-corrected chi connectivity index (χ3v) is 8.13. The van der Waals surface area contributed by atoms with Crippen LogP contribution in [0.2, 0.25) is 0 Å². The quantitative estimate of drug-likeness (QED) is 0.201. The summed E-state index contributed by atoms with van der Waals surface area (Å²) in [4.78, 5) is 7.04. The molecule has 44 heavy (non-hydrogen) atoms. The van der Waals surface area contributed by atoms with E-state index in [0.717, 1.165) is 44.7 Å². The number of rotatable bonds is 6. The number of nitrogens with zero attached hydrogens (tertiary/aromatic N) is 2. The first-order chi connectivity index (χ1) is 21.8. The molecule has 0 fully saturated rings. The number of benzene rings is 6. The molecule has 6 aromatic carbocycles. The van der Waals surface area contributed by atoms with Gasteiger partial charge in [-0.25, -0.2) is 0 Å². The molecule has 0 aliphatic rings. The summed E-state index contributed by atoms with van der Waals surface area (Å²) in [6.07, 6.45) is 1.83. The van der Waals surface area contributed by atoms with Crippen LogP contribution < -0.4 is 4.90 Å². The van der Waals surface area contributed by atoms with E-state index < -0.39 is 0 Å². The van der Waals surface area contributed by atoms with E-state index in [2.05, 4.69) is 138 Å². The SMILES string of the molecule is c1ccc(-c2ccc(-c3cccc(N(c4ccc(-c5ccccc5)cc4)c4cccc5oc6cccnc6c45)c3)cc2)cc1. The maximum absolute atomic E-state index is 6.24. The van der Waals surface area contributed by atoms with E-state index in [-0.39, 0.29) is 0 Å². The van der Waals surface area contributed by atoms with Gasteiger partial charge in [0, 0.05) is 17.6 Å². The summed E-state index contributed by atoms with van der Waals surface area (Å²) in [5.41, 5.74) is 12.7. The summed E-state index contributed by atoms with van der Waals surface area (Å²) in [7, 11) is 0. The van der Waals surface area contributed by atoms with Crippen LogP contribution in [-0.2, 0) is 0 Å². The van der Waals surface area contributed by atoms with Gasteiger partial charge in [0.15, 0.2) is 5.58 Å². The number of hydrogen-bond acceptors (Lipinski definition) is 3. The standard InChI is InChI=1S/C41H28N2O/c1-3-10-29(11-4-1)31-19-21-33(22-20-31)34-14-7-15-36(28-34)43(35-25-23-32(24-26-35)30-12-5-2-6-13-30)37-16-8-17-38-40(37)41-39(44-38)18-9-27-42-41/h1-28H. The number of furan rings is 1. The van der Waals surface area contributed by atoms with Crippen molar-refractivity contribution in [2.45, 2.75) is 0 Å². The van der Waals surface area contributed by atoms with Gasteiger partial charge in [-0.3, -0.25) is 4.98 Å². The van der Waals surface area contributed by atoms with Gasteiger partial charge >= 0.3 is 0 Å². The Balaban J connectivity index is 1.27. The zero-order chi connectivity index (χ0) is 29.3. The Labute approximate surface area is 256 Å². The molecule has 8 rings (SSSR count). The molecule has 0 saturated carbocycles. The average Bonchev–Trinajstić information content (AvgIpc) is 3.49. The van der Waals surface area contributed by atoms with Crippen LogP contribution in [0.5, 0.6) is 0 Å². The summed E-state index contributed by atoms with van der Waals surface area (Å²) < 4.78 is 6.24. The lowest BCUT2D eigenvalue weighted by atomic mass is 9.99. The van der Waals surface area contributed by atoms with Crippen LogP contribution in [0.3, 0.4) is 0 Å². The van der Waals surface area contributed by atoms with Crippen LogP contribution in [0.15, 0.2) is 174 Å². The minimum Gasteiger partial charge on any atom is -0.454 e. The molecule has 0 spiro atoms. The van der Waals surface area contributed by atoms with E-state index >= 15 is 0 Å². The van der Waals surface area contributed by atoms with Crippen molar-refractivity contribution in [2.75, 3.05) is 4.90 Å². The Bertz CT molecular complexity index is 2200. The van der Waals surface area contributed by atoms with Gasteiger partial charge in [0.25, 0.3) is 0 Å². The molecular formula is C41H28N2O. The van der Waals surface area contributed by atoms with Crippen molar-refractivity contribution in [1.82, 2.24) is 4.98 Å². The normalized spacial score (nSPS) is 11.2. The molecule has 3 nitrogen and oxygen atoms in total. The summed E-state index contributed by atoms with van der Waals surface area (Å²) in [6.45, 7) is 0. The number of fused-ring (bicyclic) bond motifs is 3. The molecule has 0 radical (unpaired) electrons. The first kappa shape index (κ1) is 25.8. The van der Waals surface area contributed by atoms with Gasteiger partial charge in [0.05, 0.1) is 11.1 Å². The van der Waals surface area contributed by atoms with Gasteiger partial charge in [-0.05, 0) is 81.9 Å². The fourth-order valence-electron chi connectivity index (χ4n) is 5.98. The highest BCUT2D eigenvalue weighted by atomic mass is 16.3. The predicted molar refractivity (Wildman–Crippen MR) is 183 cm³/mol. The molecule has 0 amide bonds. The second kappa shape index (κ2) is 11.0. The molecule has 0 unspecified atom stereocenters. The molecule has 0 aliphatic carbocycles. The lowest BCUT2D eigenvalue weighted by molar-refractivity contribution is 0.668. The van der Waals surface area contributed by atoms with Gasteiger partial charge < -0.3 is 9.32 Å². The largest absolute Gasteiger partial charge is 0.454 e. The minimum absolute atomic E-state index is 0.779. The second-order valence-corrected chi connectivity index (χ2v) is 10.8. The molecule has 0 N–H and O–H groups in total. The van der Waals surface area contributed by atoms with E-state index in [0.29, 0.717) is 0 Å². The summed E-state index contributed by atoms with van der Waals surface area (Å²) in [5.74, 6) is 0. The highest BCUT2D eigenvalue weighted by Crippen LogP contribution is 2.43. The fraction of sp³-hybridized carbons (Fsp3) is 0. The molecule has 0 saturated heterocycles.